The van der Waals surface area contributed by atoms with E-state index < -0.39 is 21.6 Å². The number of amides is 1. The molecule has 1 fully saturated rings. The lowest BCUT2D eigenvalue weighted by Gasteiger charge is -2.07. The van der Waals surface area contributed by atoms with E-state index in [0.29, 0.717) is 5.56 Å². The highest BCUT2D eigenvalue weighted by atomic mass is 32.2. The molecule has 0 aromatic heterocycles. The Balaban J connectivity index is 1.86. The van der Waals surface area contributed by atoms with Crippen LogP contribution in [0.2, 0.25) is 0 Å². The van der Waals surface area contributed by atoms with Gasteiger partial charge in [-0.2, -0.15) is 5.10 Å². The lowest BCUT2D eigenvalue weighted by atomic mass is 10.2. The highest BCUT2D eigenvalue weighted by molar-refractivity contribution is 8.01. The van der Waals surface area contributed by atoms with Crippen LogP contribution in [0.15, 0.2) is 29.4 Å². The number of nitro benzene ring substituents is 1. The zero-order valence-corrected chi connectivity index (χ0v) is 11.9. The third-order valence-corrected chi connectivity index (χ3v) is 3.94. The van der Waals surface area contributed by atoms with E-state index in [2.05, 4.69) is 15.8 Å². The van der Waals surface area contributed by atoms with E-state index in [0.717, 1.165) is 11.8 Å². The fourth-order valence-corrected chi connectivity index (χ4v) is 2.77. The number of carboxylic acid groups (broad SMARTS) is 1. The fourth-order valence-electron chi connectivity index (χ4n) is 1.71. The molecular formula is C12H12N4O5S. The Hall–Kier alpha value is -2.62. The Bertz CT molecular complexity index is 618. The van der Waals surface area contributed by atoms with E-state index >= 15 is 0 Å². The van der Waals surface area contributed by atoms with Gasteiger partial charge in [0.15, 0.2) is 5.50 Å². The minimum atomic E-state index is -1.04. The van der Waals surface area contributed by atoms with Crippen LogP contribution in [0.1, 0.15) is 12.0 Å². The topological polar surface area (TPSA) is 134 Å². The second-order valence-electron chi connectivity index (χ2n) is 4.35. The molecule has 1 heterocycles. The van der Waals surface area contributed by atoms with Gasteiger partial charge in [0.2, 0.25) is 5.91 Å². The van der Waals surface area contributed by atoms with Gasteiger partial charge in [0.05, 0.1) is 22.8 Å². The van der Waals surface area contributed by atoms with Gasteiger partial charge in [-0.3, -0.25) is 25.1 Å². The first-order valence-electron chi connectivity index (χ1n) is 6.16. The predicted molar refractivity (Wildman–Crippen MR) is 79.4 cm³/mol. The van der Waals surface area contributed by atoms with Crippen molar-refractivity contribution in [3.05, 3.63) is 39.9 Å². The van der Waals surface area contributed by atoms with Gasteiger partial charge in [-0.05, 0) is 17.7 Å². The number of hydrogen-bond donors (Lipinski definition) is 3. The van der Waals surface area contributed by atoms with Crippen LogP contribution in [0.25, 0.3) is 0 Å². The molecule has 1 aromatic carbocycles. The van der Waals surface area contributed by atoms with E-state index in [1.54, 1.807) is 0 Å². The number of non-ortho nitro benzene ring substituents is 1. The van der Waals surface area contributed by atoms with Crippen LogP contribution in [-0.4, -0.2) is 38.9 Å². The van der Waals surface area contributed by atoms with Crippen molar-refractivity contribution in [3.63, 3.8) is 0 Å². The molecule has 0 aliphatic carbocycles. The first kappa shape index (κ1) is 15.8. The lowest BCUT2D eigenvalue weighted by Crippen LogP contribution is -2.35. The average molecular weight is 324 g/mol. The summed E-state index contributed by atoms with van der Waals surface area (Å²) in [6.45, 7) is 0. The second kappa shape index (κ2) is 6.89. The Morgan fingerprint density at radius 2 is 2.18 bits per heavy atom. The number of hydrazone groups is 1. The van der Waals surface area contributed by atoms with E-state index in [1.807, 2.05) is 0 Å². The van der Waals surface area contributed by atoms with Crippen molar-refractivity contribution in [3.8, 4) is 0 Å². The van der Waals surface area contributed by atoms with Crippen LogP contribution in [0.4, 0.5) is 5.69 Å². The van der Waals surface area contributed by atoms with Crippen molar-refractivity contribution >= 4 is 35.5 Å². The van der Waals surface area contributed by atoms with Crippen molar-refractivity contribution < 1.29 is 19.6 Å². The minimum Gasteiger partial charge on any atom is -0.481 e. The third kappa shape index (κ3) is 4.19. The maximum absolute atomic E-state index is 11.5. The summed E-state index contributed by atoms with van der Waals surface area (Å²) in [6.07, 6.45) is 1.20. The minimum absolute atomic E-state index is 0.0137. The largest absolute Gasteiger partial charge is 0.481 e. The van der Waals surface area contributed by atoms with Crippen molar-refractivity contribution in [2.24, 2.45) is 5.10 Å². The van der Waals surface area contributed by atoms with Crippen LogP contribution >= 0.6 is 11.8 Å². The number of thioether (sulfide) groups is 1. The van der Waals surface area contributed by atoms with Gasteiger partial charge in [-0.1, -0.05) is 0 Å². The van der Waals surface area contributed by atoms with Gasteiger partial charge in [-0.15, -0.1) is 11.8 Å². The van der Waals surface area contributed by atoms with Crippen LogP contribution in [0.5, 0.6) is 0 Å². The first-order valence-corrected chi connectivity index (χ1v) is 7.10. The monoisotopic (exact) mass is 324 g/mol. The van der Waals surface area contributed by atoms with Gasteiger partial charge in [0, 0.05) is 12.1 Å². The number of hydrogen-bond acceptors (Lipinski definition) is 7. The van der Waals surface area contributed by atoms with Gasteiger partial charge < -0.3 is 10.4 Å². The molecule has 1 amide bonds. The van der Waals surface area contributed by atoms with Gasteiger partial charge in [-0.25, -0.2) is 0 Å². The lowest BCUT2D eigenvalue weighted by molar-refractivity contribution is -0.384. The zero-order valence-electron chi connectivity index (χ0n) is 11.1. The standard InChI is InChI=1S/C12H12N4O5S/c17-10(18)5-9-11(19)14-12(22-9)15-13-6-7-1-3-8(4-2-7)16(20)21/h1-4,6,9,12,15H,5H2,(H,14,19)(H,17,18). The number of aliphatic carboxylic acids is 1. The SMILES string of the molecule is O=C(O)CC1SC(NN=Cc2ccc([N+](=O)[O-])cc2)NC1=O. The molecule has 1 aliphatic rings. The van der Waals surface area contributed by atoms with Crippen molar-refractivity contribution in [2.75, 3.05) is 0 Å². The molecule has 10 heteroatoms. The number of carboxylic acids is 1. The molecule has 1 aromatic rings. The molecule has 0 saturated carbocycles. The maximum Gasteiger partial charge on any atom is 0.305 e. The molecule has 9 nitrogen and oxygen atoms in total. The Labute approximate surface area is 128 Å². The smallest absolute Gasteiger partial charge is 0.305 e. The van der Waals surface area contributed by atoms with Crippen molar-refractivity contribution in [1.82, 2.24) is 10.7 Å². The summed E-state index contributed by atoms with van der Waals surface area (Å²) in [5.41, 5.74) is 2.80. The van der Waals surface area contributed by atoms with E-state index in [9.17, 15) is 19.7 Å². The van der Waals surface area contributed by atoms with Crippen molar-refractivity contribution in [1.29, 1.82) is 0 Å². The van der Waals surface area contributed by atoms with Crippen LogP contribution in [-0.2, 0) is 9.59 Å². The summed E-state index contributed by atoms with van der Waals surface area (Å²) in [5.74, 6) is -1.39. The molecule has 116 valence electrons. The summed E-state index contributed by atoms with van der Waals surface area (Å²) in [4.78, 5) is 32.1. The quantitative estimate of drug-likeness (QED) is 0.394. The number of rotatable bonds is 6. The van der Waals surface area contributed by atoms with Crippen molar-refractivity contribution in [2.45, 2.75) is 17.2 Å². The summed E-state index contributed by atoms with van der Waals surface area (Å²) < 4.78 is 0. The highest BCUT2D eigenvalue weighted by Gasteiger charge is 2.33. The van der Waals surface area contributed by atoms with E-state index in [4.69, 9.17) is 5.11 Å². The highest BCUT2D eigenvalue weighted by Crippen LogP contribution is 2.24. The van der Waals surface area contributed by atoms with Gasteiger partial charge in [0.1, 0.15) is 0 Å². The number of nitrogens with zero attached hydrogens (tertiary/aromatic N) is 2. The summed E-state index contributed by atoms with van der Waals surface area (Å²) in [6, 6.07) is 5.79. The predicted octanol–water partition coefficient (Wildman–Crippen LogP) is 0.508. The molecular weight excluding hydrogens is 312 g/mol. The first-order chi connectivity index (χ1) is 10.5. The number of nitrogens with one attached hydrogen (secondary N) is 2. The summed E-state index contributed by atoms with van der Waals surface area (Å²) >= 11 is 1.13. The molecule has 0 spiro atoms. The molecule has 2 atom stereocenters. The Morgan fingerprint density at radius 3 is 2.77 bits per heavy atom. The van der Waals surface area contributed by atoms with Gasteiger partial charge in [0.25, 0.3) is 5.69 Å². The molecule has 3 N–H and O–H groups in total. The summed E-state index contributed by atoms with van der Waals surface area (Å²) in [7, 11) is 0. The van der Waals surface area contributed by atoms with Crippen LogP contribution < -0.4 is 10.7 Å². The van der Waals surface area contributed by atoms with E-state index in [1.165, 1.54) is 30.5 Å². The third-order valence-electron chi connectivity index (χ3n) is 2.74. The molecule has 1 aliphatic heterocycles. The molecule has 2 rings (SSSR count). The fraction of sp³-hybridized carbons (Fsp3) is 0.250. The Kier molecular flexibility index (Phi) is 4.94. The molecule has 2 unspecified atom stereocenters. The van der Waals surface area contributed by atoms with Crippen LogP contribution in [0.3, 0.4) is 0 Å². The molecule has 22 heavy (non-hydrogen) atoms. The number of carbonyl (C=O) groups is 2. The maximum atomic E-state index is 11.5. The average Bonchev–Trinajstić information content (AvgIpc) is 2.79. The second-order valence-corrected chi connectivity index (χ2v) is 5.66. The zero-order chi connectivity index (χ0) is 16.1. The number of carbonyl (C=O) groups excluding carboxylic acids is 1. The molecule has 0 bridgehead atoms. The van der Waals surface area contributed by atoms with Gasteiger partial charge >= 0.3 is 5.97 Å². The Morgan fingerprint density at radius 1 is 1.50 bits per heavy atom. The van der Waals surface area contributed by atoms with E-state index in [-0.39, 0.29) is 18.0 Å². The van der Waals surface area contributed by atoms with Crippen LogP contribution in [0, 0.1) is 10.1 Å². The normalized spacial score (nSPS) is 20.8. The molecule has 1 saturated heterocycles. The summed E-state index contributed by atoms with van der Waals surface area (Å²) in [5, 5.41) is 25.0. The number of benzene rings is 1. The molecule has 0 radical (unpaired) electrons. The number of nitro groups is 1.